The number of aromatic hydroxyl groups is 1. The number of hydrogen-bond acceptors (Lipinski definition) is 3. The zero-order valence-electron chi connectivity index (χ0n) is 15.3. The standard InChI is InChI=1S/C21H30O3/c1-5-6-7-8-16-13-18(22)17-11-12-21(4,24-19(17)14-16)20(23)10-9-15(2)3/h9,11-14,20,22-23H,5-8,10H2,1-4H3. The van der Waals surface area contributed by atoms with E-state index in [9.17, 15) is 10.2 Å². The predicted molar refractivity (Wildman–Crippen MR) is 99.5 cm³/mol. The Bertz CT molecular complexity index is 626. The van der Waals surface area contributed by atoms with Crippen molar-refractivity contribution in [1.29, 1.82) is 0 Å². The highest BCUT2D eigenvalue weighted by molar-refractivity contribution is 5.68. The van der Waals surface area contributed by atoms with Gasteiger partial charge in [0, 0.05) is 0 Å². The number of aryl methyl sites for hydroxylation is 1. The SMILES string of the molecule is CCCCCc1cc(O)c2c(c1)OC(C)(C(O)CC=C(C)C)C=C2. The van der Waals surface area contributed by atoms with Crippen molar-refractivity contribution >= 4 is 6.08 Å². The zero-order chi connectivity index (χ0) is 17.7. The topological polar surface area (TPSA) is 49.7 Å². The van der Waals surface area contributed by atoms with Crippen molar-refractivity contribution in [3.63, 3.8) is 0 Å². The van der Waals surface area contributed by atoms with Crippen molar-refractivity contribution in [2.75, 3.05) is 0 Å². The Balaban J connectivity index is 2.20. The third-order valence-corrected chi connectivity index (χ3v) is 4.57. The highest BCUT2D eigenvalue weighted by atomic mass is 16.5. The molecule has 0 saturated carbocycles. The maximum Gasteiger partial charge on any atom is 0.151 e. The summed E-state index contributed by atoms with van der Waals surface area (Å²) < 4.78 is 6.12. The third-order valence-electron chi connectivity index (χ3n) is 4.57. The molecular weight excluding hydrogens is 300 g/mol. The number of benzene rings is 1. The van der Waals surface area contributed by atoms with Gasteiger partial charge < -0.3 is 14.9 Å². The molecule has 0 amide bonds. The van der Waals surface area contributed by atoms with Gasteiger partial charge in [-0.15, -0.1) is 0 Å². The number of aliphatic hydroxyl groups is 1. The third kappa shape index (κ3) is 4.41. The molecule has 3 heteroatoms. The summed E-state index contributed by atoms with van der Waals surface area (Å²) in [5.74, 6) is 0.902. The average molecular weight is 330 g/mol. The molecule has 0 saturated heterocycles. The first-order chi connectivity index (χ1) is 11.4. The van der Waals surface area contributed by atoms with Crippen LogP contribution >= 0.6 is 0 Å². The van der Waals surface area contributed by atoms with E-state index < -0.39 is 11.7 Å². The van der Waals surface area contributed by atoms with Crippen LogP contribution in [0.15, 0.2) is 29.9 Å². The van der Waals surface area contributed by atoms with Crippen LogP contribution in [0.25, 0.3) is 6.08 Å². The maximum absolute atomic E-state index is 10.5. The van der Waals surface area contributed by atoms with Crippen LogP contribution in [0, 0.1) is 0 Å². The minimum absolute atomic E-state index is 0.246. The molecule has 0 fully saturated rings. The van der Waals surface area contributed by atoms with Crippen LogP contribution in [0.2, 0.25) is 0 Å². The molecule has 0 radical (unpaired) electrons. The zero-order valence-corrected chi connectivity index (χ0v) is 15.3. The van der Waals surface area contributed by atoms with Crippen LogP contribution in [0.3, 0.4) is 0 Å². The van der Waals surface area contributed by atoms with Crippen molar-refractivity contribution in [3.8, 4) is 11.5 Å². The first-order valence-electron chi connectivity index (χ1n) is 8.91. The van der Waals surface area contributed by atoms with Crippen LogP contribution in [0.4, 0.5) is 0 Å². The van der Waals surface area contributed by atoms with Gasteiger partial charge in [0.05, 0.1) is 5.56 Å². The molecule has 1 aromatic rings. The fraction of sp³-hybridized carbons (Fsp3) is 0.524. The number of rotatable bonds is 7. The Labute approximate surface area is 145 Å². The Morgan fingerprint density at radius 1 is 1.29 bits per heavy atom. The first-order valence-corrected chi connectivity index (χ1v) is 8.91. The van der Waals surface area contributed by atoms with E-state index in [-0.39, 0.29) is 5.75 Å². The highest BCUT2D eigenvalue weighted by Gasteiger charge is 2.35. The van der Waals surface area contributed by atoms with E-state index in [2.05, 4.69) is 6.92 Å². The minimum atomic E-state index is -0.784. The van der Waals surface area contributed by atoms with Gasteiger partial charge in [-0.05, 0) is 69.9 Å². The van der Waals surface area contributed by atoms with Gasteiger partial charge in [0.25, 0.3) is 0 Å². The molecule has 2 atom stereocenters. The number of ether oxygens (including phenoxy) is 1. The first kappa shape index (κ1) is 18.6. The summed E-state index contributed by atoms with van der Waals surface area (Å²) in [6, 6.07) is 3.82. The Morgan fingerprint density at radius 3 is 2.71 bits per heavy atom. The van der Waals surface area contributed by atoms with Gasteiger partial charge in [-0.1, -0.05) is 31.4 Å². The summed E-state index contributed by atoms with van der Waals surface area (Å²) in [5.41, 5.74) is 2.17. The summed E-state index contributed by atoms with van der Waals surface area (Å²) in [6.45, 7) is 8.10. The Hall–Kier alpha value is -1.74. The normalized spacial score (nSPS) is 20.2. The van der Waals surface area contributed by atoms with Gasteiger partial charge in [-0.2, -0.15) is 0 Å². The van der Waals surface area contributed by atoms with E-state index in [1.807, 2.05) is 51.1 Å². The molecular formula is C21H30O3. The van der Waals surface area contributed by atoms with Crippen LogP contribution in [-0.4, -0.2) is 21.9 Å². The number of hydrogen-bond donors (Lipinski definition) is 2. The molecule has 1 heterocycles. The maximum atomic E-state index is 10.5. The lowest BCUT2D eigenvalue weighted by Crippen LogP contribution is -2.44. The molecule has 24 heavy (non-hydrogen) atoms. The van der Waals surface area contributed by atoms with E-state index in [0.29, 0.717) is 17.7 Å². The summed E-state index contributed by atoms with van der Waals surface area (Å²) in [7, 11) is 0. The lowest BCUT2D eigenvalue weighted by molar-refractivity contribution is -0.00671. The Morgan fingerprint density at radius 2 is 2.04 bits per heavy atom. The van der Waals surface area contributed by atoms with E-state index in [1.165, 1.54) is 18.4 Å². The molecule has 0 aromatic heterocycles. The van der Waals surface area contributed by atoms with Crippen molar-refractivity contribution in [2.24, 2.45) is 0 Å². The summed E-state index contributed by atoms with van der Waals surface area (Å²) in [6.07, 6.45) is 10.0. The van der Waals surface area contributed by atoms with Crippen molar-refractivity contribution in [1.82, 2.24) is 0 Å². The monoisotopic (exact) mass is 330 g/mol. The second-order valence-corrected chi connectivity index (χ2v) is 7.14. The smallest absolute Gasteiger partial charge is 0.151 e. The Kier molecular flexibility index (Phi) is 6.11. The number of fused-ring (bicyclic) bond motifs is 1. The van der Waals surface area contributed by atoms with Crippen LogP contribution in [-0.2, 0) is 6.42 Å². The molecule has 1 aliphatic heterocycles. The fourth-order valence-electron chi connectivity index (χ4n) is 2.92. The number of phenols is 1. The second-order valence-electron chi connectivity index (χ2n) is 7.14. The number of allylic oxidation sites excluding steroid dienone is 1. The largest absolute Gasteiger partial charge is 0.507 e. The van der Waals surface area contributed by atoms with E-state index >= 15 is 0 Å². The number of phenolic OH excluding ortho intramolecular Hbond substituents is 1. The minimum Gasteiger partial charge on any atom is -0.507 e. The summed E-state index contributed by atoms with van der Waals surface area (Å²) in [4.78, 5) is 0. The fourth-order valence-corrected chi connectivity index (χ4v) is 2.92. The van der Waals surface area contributed by atoms with Crippen molar-refractivity contribution < 1.29 is 14.9 Å². The number of unbranched alkanes of at least 4 members (excludes halogenated alkanes) is 2. The van der Waals surface area contributed by atoms with E-state index in [0.717, 1.165) is 18.4 Å². The molecule has 1 aromatic carbocycles. The number of aliphatic hydroxyl groups excluding tert-OH is 1. The van der Waals surface area contributed by atoms with Crippen LogP contribution < -0.4 is 4.74 Å². The molecule has 1 aliphatic rings. The molecule has 3 nitrogen and oxygen atoms in total. The second kappa shape index (κ2) is 7.89. The predicted octanol–water partition coefficient (Wildman–Crippen LogP) is 5.01. The van der Waals surface area contributed by atoms with Crippen molar-refractivity contribution in [3.05, 3.63) is 41.0 Å². The van der Waals surface area contributed by atoms with Crippen LogP contribution in [0.5, 0.6) is 11.5 Å². The lowest BCUT2D eigenvalue weighted by atomic mass is 9.91. The van der Waals surface area contributed by atoms with Gasteiger partial charge in [-0.25, -0.2) is 0 Å². The summed E-state index contributed by atoms with van der Waals surface area (Å²) in [5, 5.41) is 20.8. The van der Waals surface area contributed by atoms with Gasteiger partial charge >= 0.3 is 0 Å². The van der Waals surface area contributed by atoms with E-state index in [4.69, 9.17) is 4.74 Å². The van der Waals surface area contributed by atoms with Gasteiger partial charge in [0.1, 0.15) is 17.6 Å². The molecule has 0 spiro atoms. The highest BCUT2D eigenvalue weighted by Crippen LogP contribution is 2.39. The van der Waals surface area contributed by atoms with Gasteiger partial charge in [0.15, 0.2) is 5.60 Å². The van der Waals surface area contributed by atoms with Crippen LogP contribution in [0.1, 0.15) is 64.5 Å². The molecule has 132 valence electrons. The quantitative estimate of drug-likeness (QED) is 0.546. The molecule has 2 rings (SSSR count). The average Bonchev–Trinajstić information content (AvgIpc) is 2.52. The van der Waals surface area contributed by atoms with E-state index in [1.54, 1.807) is 0 Å². The van der Waals surface area contributed by atoms with Crippen molar-refractivity contribution in [2.45, 2.75) is 71.5 Å². The van der Waals surface area contributed by atoms with Gasteiger partial charge in [0.2, 0.25) is 0 Å². The van der Waals surface area contributed by atoms with Gasteiger partial charge in [-0.3, -0.25) is 0 Å². The lowest BCUT2D eigenvalue weighted by Gasteiger charge is -2.35. The summed E-state index contributed by atoms with van der Waals surface area (Å²) >= 11 is 0. The molecule has 0 aliphatic carbocycles. The molecule has 0 bridgehead atoms. The molecule has 2 unspecified atom stereocenters. The molecule has 2 N–H and O–H groups in total.